The van der Waals surface area contributed by atoms with Crippen LogP contribution in [0.2, 0.25) is 0 Å². The third kappa shape index (κ3) is 5.41. The molecule has 1 amide bonds. The summed E-state index contributed by atoms with van der Waals surface area (Å²) in [6.07, 6.45) is 3.90. The number of hydrogen-bond acceptors (Lipinski definition) is 7. The summed E-state index contributed by atoms with van der Waals surface area (Å²) in [7, 11) is 4.50. The number of benzene rings is 2. The Morgan fingerprint density at radius 2 is 1.81 bits per heavy atom. The van der Waals surface area contributed by atoms with Crippen molar-refractivity contribution in [3.8, 4) is 23.3 Å². The van der Waals surface area contributed by atoms with Crippen molar-refractivity contribution in [2.45, 2.75) is 6.42 Å². The van der Waals surface area contributed by atoms with Crippen LogP contribution in [-0.4, -0.2) is 32.2 Å². The van der Waals surface area contributed by atoms with E-state index in [0.717, 1.165) is 16.9 Å². The van der Waals surface area contributed by atoms with Crippen LogP contribution in [-0.2, 0) is 11.2 Å². The van der Waals surface area contributed by atoms with Crippen molar-refractivity contribution in [1.29, 1.82) is 5.26 Å². The Balaban J connectivity index is 1.78. The summed E-state index contributed by atoms with van der Waals surface area (Å²) in [5.41, 5.74) is 1.64. The van der Waals surface area contributed by atoms with Gasteiger partial charge in [0.2, 0.25) is 5.75 Å². The summed E-state index contributed by atoms with van der Waals surface area (Å²) in [6, 6.07) is 15.2. The smallest absolute Gasteiger partial charge is 0.268 e. The number of thiazole rings is 1. The first kappa shape index (κ1) is 21.9. The summed E-state index contributed by atoms with van der Waals surface area (Å²) in [5.74, 6) is 0.739. The highest BCUT2D eigenvalue weighted by atomic mass is 32.1. The highest BCUT2D eigenvalue weighted by molar-refractivity contribution is 7.15. The molecule has 0 saturated heterocycles. The van der Waals surface area contributed by atoms with Crippen LogP contribution in [0.1, 0.15) is 16.0 Å². The molecular formula is C23H21N3O4S. The number of carbonyl (C=O) groups is 1. The second-order valence-corrected chi connectivity index (χ2v) is 7.49. The van der Waals surface area contributed by atoms with Gasteiger partial charge in [-0.15, -0.1) is 11.3 Å². The van der Waals surface area contributed by atoms with Gasteiger partial charge in [0.05, 0.1) is 21.3 Å². The van der Waals surface area contributed by atoms with Crippen LogP contribution < -0.4 is 19.5 Å². The predicted octanol–water partition coefficient (Wildman–Crippen LogP) is 4.31. The van der Waals surface area contributed by atoms with Crippen LogP contribution >= 0.6 is 11.3 Å². The molecule has 3 rings (SSSR count). The number of aromatic nitrogens is 1. The normalized spacial score (nSPS) is 10.8. The lowest BCUT2D eigenvalue weighted by Crippen LogP contribution is -2.13. The minimum atomic E-state index is -0.545. The highest BCUT2D eigenvalue weighted by Gasteiger charge is 2.16. The van der Waals surface area contributed by atoms with E-state index in [9.17, 15) is 10.1 Å². The van der Waals surface area contributed by atoms with Crippen molar-refractivity contribution in [2.24, 2.45) is 0 Å². The van der Waals surface area contributed by atoms with Crippen molar-refractivity contribution in [3.63, 3.8) is 0 Å². The molecule has 0 aliphatic rings. The second kappa shape index (κ2) is 10.3. The predicted molar refractivity (Wildman–Crippen MR) is 120 cm³/mol. The number of amides is 1. The summed E-state index contributed by atoms with van der Waals surface area (Å²) < 4.78 is 15.9. The van der Waals surface area contributed by atoms with E-state index in [1.165, 1.54) is 38.7 Å². The third-order valence-corrected chi connectivity index (χ3v) is 5.27. The maximum Gasteiger partial charge on any atom is 0.268 e. The number of methoxy groups -OCH3 is 3. The van der Waals surface area contributed by atoms with Gasteiger partial charge in [-0.2, -0.15) is 5.26 Å². The summed E-state index contributed by atoms with van der Waals surface area (Å²) >= 11 is 1.37. The van der Waals surface area contributed by atoms with E-state index in [1.54, 1.807) is 18.3 Å². The van der Waals surface area contributed by atoms with Crippen LogP contribution in [0.3, 0.4) is 0 Å². The number of anilines is 1. The van der Waals surface area contributed by atoms with Crippen molar-refractivity contribution in [3.05, 3.63) is 70.2 Å². The monoisotopic (exact) mass is 435 g/mol. The number of nitriles is 1. The fourth-order valence-electron chi connectivity index (χ4n) is 2.91. The number of nitrogens with one attached hydrogen (secondary N) is 1. The van der Waals surface area contributed by atoms with Crippen molar-refractivity contribution < 1.29 is 19.0 Å². The molecule has 0 fully saturated rings. The zero-order valence-corrected chi connectivity index (χ0v) is 18.2. The zero-order valence-electron chi connectivity index (χ0n) is 17.3. The number of hydrogen-bond donors (Lipinski definition) is 1. The van der Waals surface area contributed by atoms with Crippen LogP contribution in [0.15, 0.2) is 54.2 Å². The molecule has 158 valence electrons. The zero-order chi connectivity index (χ0) is 22.2. The Morgan fingerprint density at radius 3 is 2.39 bits per heavy atom. The lowest BCUT2D eigenvalue weighted by Gasteiger charge is -2.13. The SMILES string of the molecule is COc1cc(/C=C(\C#N)C(=O)Nc2ncc(Cc3ccccc3)s2)cc(OC)c1OC. The quantitative estimate of drug-likeness (QED) is 0.419. The molecule has 0 spiro atoms. The molecule has 8 heteroatoms. The first-order chi connectivity index (χ1) is 15.1. The van der Waals surface area contributed by atoms with Crippen molar-refractivity contribution in [1.82, 2.24) is 4.98 Å². The van der Waals surface area contributed by atoms with E-state index in [-0.39, 0.29) is 5.57 Å². The summed E-state index contributed by atoms with van der Waals surface area (Å²) in [5, 5.41) is 12.6. The van der Waals surface area contributed by atoms with Gasteiger partial charge >= 0.3 is 0 Å². The number of carbonyl (C=O) groups excluding carboxylic acids is 1. The van der Waals surface area contributed by atoms with E-state index < -0.39 is 5.91 Å². The first-order valence-electron chi connectivity index (χ1n) is 9.29. The maximum atomic E-state index is 12.6. The van der Waals surface area contributed by atoms with Crippen LogP contribution in [0.4, 0.5) is 5.13 Å². The Bertz CT molecular complexity index is 1110. The molecule has 31 heavy (non-hydrogen) atoms. The van der Waals surface area contributed by atoms with Gasteiger partial charge in [-0.3, -0.25) is 10.1 Å². The molecule has 7 nitrogen and oxygen atoms in total. The van der Waals surface area contributed by atoms with E-state index in [1.807, 2.05) is 36.4 Å². The molecule has 0 bridgehead atoms. The molecule has 0 aliphatic heterocycles. The fourth-order valence-corrected chi connectivity index (χ4v) is 3.75. The maximum absolute atomic E-state index is 12.6. The molecule has 2 aromatic carbocycles. The van der Waals surface area contributed by atoms with Gasteiger partial charge < -0.3 is 14.2 Å². The van der Waals surface area contributed by atoms with Crippen molar-refractivity contribution >= 4 is 28.5 Å². The lowest BCUT2D eigenvalue weighted by atomic mass is 10.1. The average molecular weight is 436 g/mol. The average Bonchev–Trinajstić information content (AvgIpc) is 3.23. The fraction of sp³-hybridized carbons (Fsp3) is 0.174. The number of nitrogens with zero attached hydrogens (tertiary/aromatic N) is 2. The molecule has 0 saturated carbocycles. The molecule has 3 aromatic rings. The van der Waals surface area contributed by atoms with E-state index in [2.05, 4.69) is 10.3 Å². The minimum absolute atomic E-state index is 0.0749. The Hall–Kier alpha value is -3.83. The molecule has 0 aliphatic carbocycles. The van der Waals surface area contributed by atoms with Crippen LogP contribution in [0.25, 0.3) is 6.08 Å². The van der Waals surface area contributed by atoms with E-state index >= 15 is 0 Å². The Labute approximate surface area is 184 Å². The molecule has 1 aromatic heterocycles. The van der Waals surface area contributed by atoms with Crippen LogP contribution in [0, 0.1) is 11.3 Å². The van der Waals surface area contributed by atoms with Crippen molar-refractivity contribution in [2.75, 3.05) is 26.6 Å². The summed E-state index contributed by atoms with van der Waals surface area (Å²) in [4.78, 5) is 17.9. The first-order valence-corrected chi connectivity index (χ1v) is 10.1. The van der Waals surface area contributed by atoms with E-state index in [0.29, 0.717) is 27.9 Å². The topological polar surface area (TPSA) is 93.5 Å². The van der Waals surface area contributed by atoms with Gasteiger partial charge in [0, 0.05) is 17.5 Å². The molecular weight excluding hydrogens is 414 g/mol. The van der Waals surface area contributed by atoms with Gasteiger partial charge in [-0.05, 0) is 29.3 Å². The van der Waals surface area contributed by atoms with Gasteiger partial charge in [0.25, 0.3) is 5.91 Å². The third-order valence-electron chi connectivity index (χ3n) is 4.36. The Kier molecular flexibility index (Phi) is 7.25. The Morgan fingerprint density at radius 1 is 1.13 bits per heavy atom. The molecule has 1 heterocycles. The molecule has 0 atom stereocenters. The number of ether oxygens (including phenoxy) is 3. The lowest BCUT2D eigenvalue weighted by molar-refractivity contribution is -0.112. The largest absolute Gasteiger partial charge is 0.493 e. The standard InChI is InChI=1S/C23H21N3O4S/c1-28-19-11-16(12-20(29-2)21(19)30-3)9-17(13-24)22(27)26-23-25-14-18(31-23)10-15-7-5-4-6-8-15/h4-9,11-12,14H,10H2,1-3H3,(H,25,26,27)/b17-9+. The second-order valence-electron chi connectivity index (χ2n) is 6.38. The summed E-state index contributed by atoms with van der Waals surface area (Å²) in [6.45, 7) is 0. The van der Waals surface area contributed by atoms with Gasteiger partial charge in [0.15, 0.2) is 16.6 Å². The minimum Gasteiger partial charge on any atom is -0.493 e. The van der Waals surface area contributed by atoms with E-state index in [4.69, 9.17) is 14.2 Å². The van der Waals surface area contributed by atoms with Gasteiger partial charge in [-0.25, -0.2) is 4.98 Å². The number of rotatable bonds is 8. The molecule has 0 unspecified atom stereocenters. The van der Waals surface area contributed by atoms with Crippen LogP contribution in [0.5, 0.6) is 17.2 Å². The molecule has 1 N–H and O–H groups in total. The van der Waals surface area contributed by atoms with Gasteiger partial charge in [0.1, 0.15) is 11.6 Å². The van der Waals surface area contributed by atoms with Gasteiger partial charge in [-0.1, -0.05) is 30.3 Å². The molecule has 0 radical (unpaired) electrons. The highest BCUT2D eigenvalue weighted by Crippen LogP contribution is 2.38.